The van der Waals surface area contributed by atoms with Crippen LogP contribution >= 0.6 is 0 Å². The van der Waals surface area contributed by atoms with Gasteiger partial charge in [-0.1, -0.05) is 43.3 Å². The molecule has 0 radical (unpaired) electrons. The molecule has 2 atom stereocenters. The van der Waals surface area contributed by atoms with Gasteiger partial charge < -0.3 is 14.7 Å². The third-order valence-corrected chi connectivity index (χ3v) is 8.43. The highest BCUT2D eigenvalue weighted by Crippen LogP contribution is 2.54. The van der Waals surface area contributed by atoms with E-state index >= 15 is 0 Å². The fourth-order valence-electron chi connectivity index (χ4n) is 6.29. The van der Waals surface area contributed by atoms with Crippen LogP contribution in [0.25, 0.3) is 0 Å². The summed E-state index contributed by atoms with van der Waals surface area (Å²) in [7, 11) is 0. The Morgan fingerprint density at radius 1 is 1.05 bits per heavy atom. The lowest BCUT2D eigenvalue weighted by atomic mass is 9.83. The second kappa shape index (κ2) is 9.86. The highest BCUT2D eigenvalue weighted by atomic mass is 16.5. The quantitative estimate of drug-likeness (QED) is 0.461. The maximum absolute atomic E-state index is 13.9. The summed E-state index contributed by atoms with van der Waals surface area (Å²) in [6, 6.07) is 23.6. The van der Waals surface area contributed by atoms with Gasteiger partial charge in [0.1, 0.15) is 18.1 Å². The number of likely N-dealkylation sites (tertiary alicyclic amines) is 1. The summed E-state index contributed by atoms with van der Waals surface area (Å²) < 4.78 is 6.04. The topological polar surface area (TPSA) is 53.0 Å². The minimum absolute atomic E-state index is 0.0801. The van der Waals surface area contributed by atoms with Gasteiger partial charge in [0.25, 0.3) is 5.91 Å². The Morgan fingerprint density at radius 2 is 1.84 bits per heavy atom. The van der Waals surface area contributed by atoms with Crippen LogP contribution in [0.4, 0.5) is 0 Å². The number of fused-ring (bicyclic) bond motifs is 1. The third kappa shape index (κ3) is 4.97. The molecule has 2 heterocycles. The van der Waals surface area contributed by atoms with Crippen LogP contribution in [0.3, 0.4) is 0 Å². The molecule has 1 saturated heterocycles. The fourth-order valence-corrected chi connectivity index (χ4v) is 6.29. The normalized spacial score (nSPS) is 22.1. The van der Waals surface area contributed by atoms with Crippen molar-refractivity contribution in [2.24, 2.45) is 5.92 Å². The number of hydrogen-bond donors (Lipinski definition) is 1. The molecule has 3 aromatic carbocycles. The molecule has 1 spiro atoms. The highest BCUT2D eigenvalue weighted by Gasteiger charge is 2.55. The number of nitrogens with zero attached hydrogens (tertiary/aromatic N) is 2. The molecule has 2 aliphatic heterocycles. The smallest absolute Gasteiger partial charge is 0.254 e. The first kappa shape index (κ1) is 24.1. The van der Waals surface area contributed by atoms with E-state index in [2.05, 4.69) is 41.0 Å². The Hall–Kier alpha value is -3.31. The van der Waals surface area contributed by atoms with Gasteiger partial charge in [-0.3, -0.25) is 9.69 Å². The lowest BCUT2D eigenvalue weighted by Crippen LogP contribution is -2.49. The molecule has 1 N–H and O–H groups in total. The summed E-state index contributed by atoms with van der Waals surface area (Å²) in [5.41, 5.74) is 4.05. The van der Waals surface area contributed by atoms with Crippen LogP contribution in [-0.4, -0.2) is 52.6 Å². The van der Waals surface area contributed by atoms with Crippen LogP contribution in [-0.2, 0) is 12.8 Å². The van der Waals surface area contributed by atoms with Crippen molar-refractivity contribution < 1.29 is 14.6 Å². The van der Waals surface area contributed by atoms with Crippen molar-refractivity contribution in [3.05, 3.63) is 95.1 Å². The van der Waals surface area contributed by atoms with Crippen molar-refractivity contribution in [2.45, 2.75) is 50.6 Å². The van der Waals surface area contributed by atoms with E-state index in [0.717, 1.165) is 60.6 Å². The molecule has 5 heteroatoms. The van der Waals surface area contributed by atoms with Gasteiger partial charge in [-0.05, 0) is 97.7 Å². The van der Waals surface area contributed by atoms with Gasteiger partial charge >= 0.3 is 0 Å². The molecule has 2 fully saturated rings. The molecule has 192 valence electrons. The van der Waals surface area contributed by atoms with Crippen molar-refractivity contribution in [3.63, 3.8) is 0 Å². The predicted molar refractivity (Wildman–Crippen MR) is 145 cm³/mol. The van der Waals surface area contributed by atoms with Crippen molar-refractivity contribution in [2.75, 3.05) is 26.2 Å². The van der Waals surface area contributed by atoms with Crippen LogP contribution < -0.4 is 4.74 Å². The molecular weight excluding hydrogens is 460 g/mol. The van der Waals surface area contributed by atoms with Gasteiger partial charge in [0.05, 0.1) is 6.04 Å². The van der Waals surface area contributed by atoms with Gasteiger partial charge in [0.2, 0.25) is 0 Å². The first-order valence-electron chi connectivity index (χ1n) is 13.7. The van der Waals surface area contributed by atoms with Gasteiger partial charge in [0.15, 0.2) is 0 Å². The Bertz CT molecular complexity index is 1250. The molecule has 1 amide bonds. The number of aromatic hydroxyl groups is 1. The van der Waals surface area contributed by atoms with Crippen molar-refractivity contribution in [1.29, 1.82) is 0 Å². The van der Waals surface area contributed by atoms with Gasteiger partial charge in [-0.2, -0.15) is 0 Å². The SMILES string of the molecule is CC1CCN(CCOc2ccc(CC3c4ccc(O)cc4CC4(CC4)N3C(=O)c3ccccc3)cc2)C1. The Balaban J connectivity index is 1.22. The Labute approximate surface area is 219 Å². The van der Waals surface area contributed by atoms with E-state index in [-0.39, 0.29) is 17.5 Å². The minimum Gasteiger partial charge on any atom is -0.508 e. The number of hydrogen-bond acceptors (Lipinski definition) is 4. The van der Waals surface area contributed by atoms with Gasteiger partial charge in [-0.15, -0.1) is 0 Å². The second-order valence-corrected chi connectivity index (χ2v) is 11.2. The Morgan fingerprint density at radius 3 is 2.54 bits per heavy atom. The van der Waals surface area contributed by atoms with Crippen molar-refractivity contribution in [3.8, 4) is 11.5 Å². The second-order valence-electron chi connectivity index (χ2n) is 11.2. The summed E-state index contributed by atoms with van der Waals surface area (Å²) in [6.07, 6.45) is 4.81. The van der Waals surface area contributed by atoms with E-state index in [1.54, 1.807) is 6.07 Å². The molecule has 6 rings (SSSR count). The zero-order chi connectivity index (χ0) is 25.4. The standard InChI is InChI=1S/C32H36N2O3/c1-23-13-16-33(22-23)17-18-37-28-10-7-24(8-11-28)19-30-29-12-9-27(35)20-26(29)21-32(14-15-32)34(30)31(36)25-5-3-2-4-6-25/h2-12,20,23,30,35H,13-19,21-22H2,1H3. The Kier molecular flexibility index (Phi) is 6.41. The summed E-state index contributed by atoms with van der Waals surface area (Å²) in [5, 5.41) is 10.2. The largest absolute Gasteiger partial charge is 0.508 e. The van der Waals surface area contributed by atoms with Crippen LogP contribution in [0.5, 0.6) is 11.5 Å². The molecule has 0 bridgehead atoms. The number of carbonyl (C=O) groups excluding carboxylic acids is 1. The number of benzene rings is 3. The van der Waals surface area contributed by atoms with E-state index < -0.39 is 0 Å². The molecule has 0 aromatic heterocycles. The summed E-state index contributed by atoms with van der Waals surface area (Å²) in [4.78, 5) is 18.5. The van der Waals surface area contributed by atoms with Crippen molar-refractivity contribution in [1.82, 2.24) is 9.80 Å². The van der Waals surface area contributed by atoms with Crippen molar-refractivity contribution >= 4 is 5.91 Å². The molecule has 1 aliphatic carbocycles. The maximum atomic E-state index is 13.9. The number of rotatable bonds is 7. The summed E-state index contributed by atoms with van der Waals surface area (Å²) in [6.45, 7) is 6.32. The maximum Gasteiger partial charge on any atom is 0.254 e. The molecule has 3 aromatic rings. The monoisotopic (exact) mass is 496 g/mol. The summed E-state index contributed by atoms with van der Waals surface area (Å²) in [5.74, 6) is 2.07. The number of amides is 1. The first-order chi connectivity index (χ1) is 18.0. The molecule has 3 aliphatic rings. The average Bonchev–Trinajstić information content (AvgIpc) is 3.54. The van der Waals surface area contributed by atoms with E-state index in [0.29, 0.717) is 12.4 Å². The lowest BCUT2D eigenvalue weighted by molar-refractivity contribution is 0.0486. The molecular formula is C32H36N2O3. The van der Waals surface area contributed by atoms with Crippen LogP contribution in [0.2, 0.25) is 0 Å². The van der Waals surface area contributed by atoms with Crippen LogP contribution in [0.15, 0.2) is 72.8 Å². The van der Waals surface area contributed by atoms with Gasteiger partial charge in [-0.25, -0.2) is 0 Å². The molecule has 37 heavy (non-hydrogen) atoms. The number of ether oxygens (including phenoxy) is 1. The van der Waals surface area contributed by atoms with E-state index in [9.17, 15) is 9.90 Å². The first-order valence-corrected chi connectivity index (χ1v) is 13.7. The molecule has 1 saturated carbocycles. The van der Waals surface area contributed by atoms with Crippen LogP contribution in [0.1, 0.15) is 59.3 Å². The van der Waals surface area contributed by atoms with Gasteiger partial charge in [0, 0.05) is 24.2 Å². The zero-order valence-corrected chi connectivity index (χ0v) is 21.6. The van der Waals surface area contributed by atoms with E-state index in [1.165, 1.54) is 25.1 Å². The summed E-state index contributed by atoms with van der Waals surface area (Å²) >= 11 is 0. The number of carbonyl (C=O) groups is 1. The minimum atomic E-state index is -0.158. The number of phenols is 1. The van der Waals surface area contributed by atoms with E-state index in [4.69, 9.17) is 4.74 Å². The van der Waals surface area contributed by atoms with Crippen LogP contribution in [0, 0.1) is 5.92 Å². The highest BCUT2D eigenvalue weighted by molar-refractivity contribution is 5.95. The number of phenolic OH excluding ortho intramolecular Hbond substituents is 1. The molecule has 2 unspecified atom stereocenters. The molecule has 5 nitrogen and oxygen atoms in total. The third-order valence-electron chi connectivity index (χ3n) is 8.43. The lowest BCUT2D eigenvalue weighted by Gasteiger charge is -2.44. The fraction of sp³-hybridized carbons (Fsp3) is 0.406. The van der Waals surface area contributed by atoms with E-state index in [1.807, 2.05) is 42.5 Å². The zero-order valence-electron chi connectivity index (χ0n) is 21.6. The predicted octanol–water partition coefficient (Wildman–Crippen LogP) is 5.63. The average molecular weight is 497 g/mol.